The highest BCUT2D eigenvalue weighted by molar-refractivity contribution is 6.31. The Morgan fingerprint density at radius 2 is 2.03 bits per heavy atom. The first-order valence-electron chi connectivity index (χ1n) is 9.23. The van der Waals surface area contributed by atoms with Gasteiger partial charge in [0, 0.05) is 18.3 Å². The molecule has 8 nitrogen and oxygen atoms in total. The number of aliphatic hydroxyl groups excluding tert-OH is 1. The molecule has 0 bridgehead atoms. The molecule has 156 valence electrons. The third kappa shape index (κ3) is 3.69. The number of halogens is 2. The van der Waals surface area contributed by atoms with Crippen LogP contribution in [0, 0.1) is 0 Å². The summed E-state index contributed by atoms with van der Waals surface area (Å²) >= 11 is 12.2. The van der Waals surface area contributed by atoms with Gasteiger partial charge >= 0.3 is 5.69 Å². The second kappa shape index (κ2) is 8.14. The van der Waals surface area contributed by atoms with Crippen LogP contribution in [0.2, 0.25) is 10.2 Å². The molecule has 0 amide bonds. The van der Waals surface area contributed by atoms with Crippen LogP contribution in [0.5, 0.6) is 5.75 Å². The first kappa shape index (κ1) is 20.5. The summed E-state index contributed by atoms with van der Waals surface area (Å²) in [7, 11) is 1.54. The van der Waals surface area contributed by atoms with Crippen LogP contribution >= 0.6 is 23.2 Å². The highest BCUT2D eigenvalue weighted by Gasteiger charge is 2.22. The van der Waals surface area contributed by atoms with E-state index in [1.54, 1.807) is 36.5 Å². The molecule has 0 fully saturated rings. The van der Waals surface area contributed by atoms with Crippen LogP contribution in [-0.4, -0.2) is 36.3 Å². The predicted molar refractivity (Wildman–Crippen MR) is 114 cm³/mol. The van der Waals surface area contributed by atoms with Gasteiger partial charge in [-0.3, -0.25) is 9.13 Å². The minimum atomic E-state index is -1.08. The predicted octanol–water partition coefficient (Wildman–Crippen LogP) is 3.39. The maximum absolute atomic E-state index is 12.9. The summed E-state index contributed by atoms with van der Waals surface area (Å²) in [6, 6.07) is 8.46. The van der Waals surface area contributed by atoms with Crippen molar-refractivity contribution in [3.63, 3.8) is 0 Å². The summed E-state index contributed by atoms with van der Waals surface area (Å²) < 4.78 is 8.14. The van der Waals surface area contributed by atoms with E-state index in [-0.39, 0.29) is 12.2 Å². The number of rotatable bonds is 6. The zero-order valence-electron chi connectivity index (χ0n) is 16.3. The van der Waals surface area contributed by atoms with Crippen molar-refractivity contribution in [2.45, 2.75) is 26.1 Å². The molecule has 4 rings (SSSR count). The van der Waals surface area contributed by atoms with Crippen molar-refractivity contribution in [2.75, 3.05) is 7.11 Å². The Hall–Kier alpha value is -2.81. The Kier molecular flexibility index (Phi) is 5.55. The number of fused-ring (bicyclic) bond motifs is 1. The zero-order valence-corrected chi connectivity index (χ0v) is 17.8. The third-order valence-electron chi connectivity index (χ3n) is 4.86. The molecule has 4 aromatic rings. The smallest absolute Gasteiger partial charge is 0.328 e. The number of nitrogens with one attached hydrogen (secondary N) is 1. The fourth-order valence-electron chi connectivity index (χ4n) is 3.37. The Morgan fingerprint density at radius 1 is 1.23 bits per heavy atom. The number of benzene rings is 1. The van der Waals surface area contributed by atoms with Crippen LogP contribution in [0.15, 0.2) is 41.3 Å². The van der Waals surface area contributed by atoms with Gasteiger partial charge in [0.05, 0.1) is 29.9 Å². The molecular formula is C20H19Cl2N5O3. The van der Waals surface area contributed by atoms with Gasteiger partial charge in [-0.2, -0.15) is 0 Å². The highest BCUT2D eigenvalue weighted by Crippen LogP contribution is 2.31. The van der Waals surface area contributed by atoms with Crippen molar-refractivity contribution in [3.8, 4) is 5.75 Å². The summed E-state index contributed by atoms with van der Waals surface area (Å²) in [5.41, 5.74) is 1.86. The molecule has 1 unspecified atom stereocenters. The molecule has 30 heavy (non-hydrogen) atoms. The zero-order chi connectivity index (χ0) is 21.4. The Morgan fingerprint density at radius 3 is 2.73 bits per heavy atom. The number of imidazole rings is 2. The molecule has 3 aromatic heterocycles. The van der Waals surface area contributed by atoms with E-state index in [0.29, 0.717) is 45.2 Å². The van der Waals surface area contributed by atoms with Crippen LogP contribution in [0.25, 0.3) is 11.2 Å². The van der Waals surface area contributed by atoms with E-state index in [0.717, 1.165) is 5.52 Å². The molecule has 0 aliphatic heterocycles. The summed E-state index contributed by atoms with van der Waals surface area (Å²) in [5.74, 6) is 1.14. The lowest BCUT2D eigenvalue weighted by Gasteiger charge is -2.14. The molecule has 0 saturated heterocycles. The quantitative estimate of drug-likeness (QED) is 0.441. The van der Waals surface area contributed by atoms with Crippen LogP contribution in [-0.2, 0) is 13.1 Å². The Bertz CT molecular complexity index is 1280. The fourth-order valence-corrected chi connectivity index (χ4v) is 3.79. The molecule has 1 atom stereocenters. The monoisotopic (exact) mass is 447 g/mol. The van der Waals surface area contributed by atoms with Crippen molar-refractivity contribution < 1.29 is 9.84 Å². The second-order valence-corrected chi connectivity index (χ2v) is 7.48. The van der Waals surface area contributed by atoms with E-state index in [9.17, 15) is 9.90 Å². The fraction of sp³-hybridized carbons (Fsp3) is 0.250. The Labute approximate surface area is 181 Å². The molecule has 0 aliphatic carbocycles. The Balaban J connectivity index is 1.70. The normalized spacial score (nSPS) is 12.4. The standard InChI is InChI=1S/C20H19Cl2N5O3/c1-3-27-15(18(28)12-5-4-11(30-2)8-13(12)21)9-26(20(27)29)10-17-23-14-6-7-16(22)24-19(14)25-17/h4-9,18,28H,3,10H2,1-2H3,(H,23,24,25). The number of methoxy groups -OCH3 is 1. The van der Waals surface area contributed by atoms with Gasteiger partial charge in [-0.05, 0) is 31.2 Å². The largest absolute Gasteiger partial charge is 0.497 e. The number of pyridine rings is 1. The number of ether oxygens (including phenoxy) is 1. The number of nitrogens with zero attached hydrogens (tertiary/aromatic N) is 4. The lowest BCUT2D eigenvalue weighted by Crippen LogP contribution is -2.25. The van der Waals surface area contributed by atoms with Crippen LogP contribution in [0.4, 0.5) is 0 Å². The lowest BCUT2D eigenvalue weighted by atomic mass is 10.1. The molecule has 0 spiro atoms. The van der Waals surface area contributed by atoms with Crippen LogP contribution in [0.1, 0.15) is 30.1 Å². The summed E-state index contributed by atoms with van der Waals surface area (Å²) in [4.78, 5) is 24.6. The SMILES string of the molecule is CCn1c(C(O)c2ccc(OC)cc2Cl)cn(Cc2nc3nc(Cl)ccc3[nH]2)c1=O. The number of aliphatic hydroxyl groups is 1. The maximum atomic E-state index is 12.9. The third-order valence-corrected chi connectivity index (χ3v) is 5.39. The van der Waals surface area contributed by atoms with E-state index in [4.69, 9.17) is 27.9 Å². The van der Waals surface area contributed by atoms with Crippen molar-refractivity contribution in [3.05, 3.63) is 74.3 Å². The molecular weight excluding hydrogens is 429 g/mol. The van der Waals surface area contributed by atoms with Crippen molar-refractivity contribution >= 4 is 34.4 Å². The number of aromatic amines is 1. The highest BCUT2D eigenvalue weighted by atomic mass is 35.5. The molecule has 10 heteroatoms. The number of H-pyrrole nitrogens is 1. The average Bonchev–Trinajstić information content (AvgIpc) is 3.27. The molecule has 0 saturated carbocycles. The van der Waals surface area contributed by atoms with Gasteiger partial charge in [0.25, 0.3) is 0 Å². The van der Waals surface area contributed by atoms with Gasteiger partial charge in [0.2, 0.25) is 0 Å². The summed E-state index contributed by atoms with van der Waals surface area (Å²) in [6.45, 7) is 2.42. The van der Waals surface area contributed by atoms with E-state index in [2.05, 4.69) is 15.0 Å². The topological polar surface area (TPSA) is 98.0 Å². The first-order valence-corrected chi connectivity index (χ1v) is 9.99. The number of hydrogen-bond donors (Lipinski definition) is 2. The molecule has 1 aromatic carbocycles. The van der Waals surface area contributed by atoms with Crippen molar-refractivity contribution in [1.82, 2.24) is 24.1 Å². The van der Waals surface area contributed by atoms with Crippen LogP contribution < -0.4 is 10.4 Å². The van der Waals surface area contributed by atoms with Crippen molar-refractivity contribution in [1.29, 1.82) is 0 Å². The van der Waals surface area contributed by atoms with E-state index < -0.39 is 6.10 Å². The summed E-state index contributed by atoms with van der Waals surface area (Å²) in [6.07, 6.45) is 0.540. The number of aromatic nitrogens is 5. The van der Waals surface area contributed by atoms with Gasteiger partial charge in [-0.25, -0.2) is 14.8 Å². The number of hydrogen-bond acceptors (Lipinski definition) is 5. The van der Waals surface area contributed by atoms with Crippen LogP contribution in [0.3, 0.4) is 0 Å². The maximum Gasteiger partial charge on any atom is 0.328 e. The lowest BCUT2D eigenvalue weighted by molar-refractivity contribution is 0.209. The van der Waals surface area contributed by atoms with E-state index >= 15 is 0 Å². The first-order chi connectivity index (χ1) is 14.4. The average molecular weight is 448 g/mol. The van der Waals surface area contributed by atoms with Crippen molar-refractivity contribution in [2.24, 2.45) is 0 Å². The van der Waals surface area contributed by atoms with Gasteiger partial charge in [0.1, 0.15) is 22.8 Å². The van der Waals surface area contributed by atoms with Gasteiger partial charge in [-0.1, -0.05) is 29.3 Å². The molecule has 0 aliphatic rings. The minimum absolute atomic E-state index is 0.190. The molecule has 3 heterocycles. The summed E-state index contributed by atoms with van der Waals surface area (Å²) in [5, 5.41) is 11.6. The van der Waals surface area contributed by atoms with Gasteiger partial charge in [-0.15, -0.1) is 0 Å². The minimum Gasteiger partial charge on any atom is -0.497 e. The molecule has 0 radical (unpaired) electrons. The van der Waals surface area contributed by atoms with Gasteiger partial charge in [0.15, 0.2) is 5.65 Å². The van der Waals surface area contributed by atoms with E-state index in [1.807, 2.05) is 6.92 Å². The van der Waals surface area contributed by atoms with E-state index in [1.165, 1.54) is 16.2 Å². The molecule has 2 N–H and O–H groups in total. The second-order valence-electron chi connectivity index (χ2n) is 6.69. The van der Waals surface area contributed by atoms with Gasteiger partial charge < -0.3 is 14.8 Å².